The number of halogens is 1. The molecule has 0 radical (unpaired) electrons. The van der Waals surface area contributed by atoms with Crippen LogP contribution in [-0.4, -0.2) is 26.9 Å². The topological polar surface area (TPSA) is 30.5 Å². The average molecular weight is 227 g/mol. The van der Waals surface area contributed by atoms with Crippen LogP contribution in [0.25, 0.3) is 0 Å². The van der Waals surface area contributed by atoms with E-state index in [1.54, 1.807) is 13.2 Å². The number of ether oxygens (including phenoxy) is 2. The lowest BCUT2D eigenvalue weighted by Crippen LogP contribution is -2.18. The second kappa shape index (κ2) is 7.19. The van der Waals surface area contributed by atoms with Crippen LogP contribution < -0.4 is 10.1 Å². The Labute approximate surface area is 95.6 Å². The standard InChI is InChI=1S/C12H18FNO2/c1-3-16-12-5-4-10(8-11(12)13)9-14-6-7-15-2/h4-5,8,14H,3,6-7,9H2,1-2H3. The zero-order chi connectivity index (χ0) is 11.8. The van der Waals surface area contributed by atoms with Gasteiger partial charge < -0.3 is 14.8 Å². The number of nitrogens with one attached hydrogen (secondary N) is 1. The molecule has 0 amide bonds. The lowest BCUT2D eigenvalue weighted by Gasteiger charge is -2.07. The van der Waals surface area contributed by atoms with Crippen molar-refractivity contribution in [2.24, 2.45) is 0 Å². The number of hydrogen-bond acceptors (Lipinski definition) is 3. The molecule has 3 nitrogen and oxygen atoms in total. The van der Waals surface area contributed by atoms with Gasteiger partial charge in [0.2, 0.25) is 0 Å². The highest BCUT2D eigenvalue weighted by Gasteiger charge is 2.03. The molecule has 0 saturated heterocycles. The maximum atomic E-state index is 13.4. The molecule has 1 aromatic carbocycles. The van der Waals surface area contributed by atoms with Crippen molar-refractivity contribution in [1.29, 1.82) is 0 Å². The molecule has 0 heterocycles. The van der Waals surface area contributed by atoms with Crippen LogP contribution in [0.4, 0.5) is 4.39 Å². The number of hydrogen-bond donors (Lipinski definition) is 1. The van der Waals surface area contributed by atoms with Crippen LogP contribution in [0.2, 0.25) is 0 Å². The normalized spacial score (nSPS) is 10.4. The van der Waals surface area contributed by atoms with Crippen molar-refractivity contribution in [3.05, 3.63) is 29.6 Å². The monoisotopic (exact) mass is 227 g/mol. The predicted octanol–water partition coefficient (Wildman–Crippen LogP) is 1.96. The van der Waals surface area contributed by atoms with E-state index in [-0.39, 0.29) is 5.82 Å². The van der Waals surface area contributed by atoms with Crippen molar-refractivity contribution in [3.63, 3.8) is 0 Å². The van der Waals surface area contributed by atoms with Crippen molar-refractivity contribution >= 4 is 0 Å². The highest BCUT2D eigenvalue weighted by atomic mass is 19.1. The average Bonchev–Trinajstić information content (AvgIpc) is 2.28. The van der Waals surface area contributed by atoms with Gasteiger partial charge >= 0.3 is 0 Å². The van der Waals surface area contributed by atoms with Crippen LogP contribution in [0.3, 0.4) is 0 Å². The van der Waals surface area contributed by atoms with E-state index in [4.69, 9.17) is 9.47 Å². The van der Waals surface area contributed by atoms with Gasteiger partial charge in [-0.15, -0.1) is 0 Å². The molecule has 16 heavy (non-hydrogen) atoms. The zero-order valence-electron chi connectivity index (χ0n) is 9.75. The fraction of sp³-hybridized carbons (Fsp3) is 0.500. The van der Waals surface area contributed by atoms with Crippen molar-refractivity contribution in [3.8, 4) is 5.75 Å². The van der Waals surface area contributed by atoms with Crippen LogP contribution in [0.5, 0.6) is 5.75 Å². The third kappa shape index (κ3) is 4.16. The van der Waals surface area contributed by atoms with Gasteiger partial charge in [-0.25, -0.2) is 4.39 Å². The minimum Gasteiger partial charge on any atom is -0.491 e. The van der Waals surface area contributed by atoms with E-state index in [0.29, 0.717) is 25.5 Å². The number of rotatable bonds is 7. The Balaban J connectivity index is 2.46. The number of benzene rings is 1. The summed E-state index contributed by atoms with van der Waals surface area (Å²) in [5, 5.41) is 3.15. The van der Waals surface area contributed by atoms with E-state index in [0.717, 1.165) is 12.1 Å². The first-order chi connectivity index (χ1) is 7.77. The minimum absolute atomic E-state index is 0.308. The summed E-state index contributed by atoms with van der Waals surface area (Å²) in [5.41, 5.74) is 0.900. The molecule has 0 aliphatic heterocycles. The maximum Gasteiger partial charge on any atom is 0.165 e. The van der Waals surface area contributed by atoms with Crippen LogP contribution in [0.1, 0.15) is 12.5 Å². The Morgan fingerprint density at radius 2 is 2.19 bits per heavy atom. The highest BCUT2D eigenvalue weighted by molar-refractivity contribution is 5.29. The Kier molecular flexibility index (Phi) is 5.82. The summed E-state index contributed by atoms with van der Waals surface area (Å²) in [6.45, 7) is 4.35. The molecular formula is C12H18FNO2. The highest BCUT2D eigenvalue weighted by Crippen LogP contribution is 2.18. The molecule has 0 atom stereocenters. The number of methoxy groups -OCH3 is 1. The second-order valence-electron chi connectivity index (χ2n) is 3.37. The second-order valence-corrected chi connectivity index (χ2v) is 3.37. The van der Waals surface area contributed by atoms with Gasteiger partial charge in [0, 0.05) is 20.2 Å². The molecule has 0 aromatic heterocycles. The van der Waals surface area contributed by atoms with Gasteiger partial charge in [-0.2, -0.15) is 0 Å². The van der Waals surface area contributed by atoms with E-state index in [2.05, 4.69) is 5.32 Å². The van der Waals surface area contributed by atoms with Crippen LogP contribution in [0, 0.1) is 5.82 Å². The summed E-state index contributed by atoms with van der Waals surface area (Å²) in [5.74, 6) is -0.00367. The molecular weight excluding hydrogens is 209 g/mol. The van der Waals surface area contributed by atoms with Gasteiger partial charge in [-0.1, -0.05) is 6.07 Å². The first kappa shape index (κ1) is 12.9. The zero-order valence-corrected chi connectivity index (χ0v) is 9.75. The molecule has 0 unspecified atom stereocenters. The van der Waals surface area contributed by atoms with Gasteiger partial charge in [-0.3, -0.25) is 0 Å². The molecule has 4 heteroatoms. The molecule has 1 rings (SSSR count). The minimum atomic E-state index is -0.312. The summed E-state index contributed by atoms with van der Waals surface area (Å²) in [6, 6.07) is 5.00. The predicted molar refractivity (Wildman–Crippen MR) is 61.2 cm³/mol. The molecule has 0 spiro atoms. The molecule has 1 aromatic rings. The van der Waals surface area contributed by atoms with E-state index in [1.165, 1.54) is 6.07 Å². The lowest BCUT2D eigenvalue weighted by atomic mass is 10.2. The first-order valence-corrected chi connectivity index (χ1v) is 5.38. The van der Waals surface area contributed by atoms with Gasteiger partial charge in [0.1, 0.15) is 0 Å². The molecule has 90 valence electrons. The molecule has 0 aliphatic rings. The third-order valence-corrected chi connectivity index (χ3v) is 2.11. The van der Waals surface area contributed by atoms with E-state index in [1.807, 2.05) is 13.0 Å². The van der Waals surface area contributed by atoms with Crippen LogP contribution in [0.15, 0.2) is 18.2 Å². The first-order valence-electron chi connectivity index (χ1n) is 5.38. The SMILES string of the molecule is CCOc1ccc(CNCCOC)cc1F. The summed E-state index contributed by atoms with van der Waals surface area (Å²) in [4.78, 5) is 0. The molecule has 0 bridgehead atoms. The van der Waals surface area contributed by atoms with Crippen molar-refractivity contribution in [2.75, 3.05) is 26.9 Å². The van der Waals surface area contributed by atoms with E-state index < -0.39 is 0 Å². The van der Waals surface area contributed by atoms with Crippen molar-refractivity contribution in [2.45, 2.75) is 13.5 Å². The fourth-order valence-corrected chi connectivity index (χ4v) is 1.33. The largest absolute Gasteiger partial charge is 0.491 e. The summed E-state index contributed by atoms with van der Waals surface area (Å²) in [7, 11) is 1.65. The van der Waals surface area contributed by atoms with Crippen LogP contribution >= 0.6 is 0 Å². The van der Waals surface area contributed by atoms with Crippen molar-refractivity contribution in [1.82, 2.24) is 5.32 Å². The quantitative estimate of drug-likeness (QED) is 0.722. The Morgan fingerprint density at radius 1 is 1.38 bits per heavy atom. The van der Waals surface area contributed by atoms with Gasteiger partial charge in [0.25, 0.3) is 0 Å². The molecule has 1 N–H and O–H groups in total. The fourth-order valence-electron chi connectivity index (χ4n) is 1.33. The van der Waals surface area contributed by atoms with Gasteiger partial charge in [0.15, 0.2) is 11.6 Å². The summed E-state index contributed by atoms with van der Waals surface area (Å²) >= 11 is 0. The smallest absolute Gasteiger partial charge is 0.165 e. The van der Waals surface area contributed by atoms with E-state index in [9.17, 15) is 4.39 Å². The summed E-state index contributed by atoms with van der Waals surface area (Å²) < 4.78 is 23.5. The Hall–Kier alpha value is -1.13. The van der Waals surface area contributed by atoms with E-state index >= 15 is 0 Å². The van der Waals surface area contributed by atoms with Crippen LogP contribution in [-0.2, 0) is 11.3 Å². The third-order valence-electron chi connectivity index (χ3n) is 2.11. The summed E-state index contributed by atoms with van der Waals surface area (Å²) in [6.07, 6.45) is 0. The molecule has 0 aliphatic carbocycles. The van der Waals surface area contributed by atoms with Crippen molar-refractivity contribution < 1.29 is 13.9 Å². The Morgan fingerprint density at radius 3 is 2.81 bits per heavy atom. The molecule has 0 fully saturated rings. The maximum absolute atomic E-state index is 13.4. The van der Waals surface area contributed by atoms with Gasteiger partial charge in [-0.05, 0) is 24.6 Å². The lowest BCUT2D eigenvalue weighted by molar-refractivity contribution is 0.199. The Bertz CT molecular complexity index is 318. The molecule has 0 saturated carbocycles. The van der Waals surface area contributed by atoms with Gasteiger partial charge in [0.05, 0.1) is 13.2 Å².